The van der Waals surface area contributed by atoms with Crippen molar-refractivity contribution in [3.63, 3.8) is 0 Å². The number of hydrogen-bond acceptors (Lipinski definition) is 4. The largest absolute Gasteiger partial charge is 0.456 e. The van der Waals surface area contributed by atoms with Gasteiger partial charge in [0, 0.05) is 16.8 Å². The molecule has 0 saturated carbocycles. The maximum atomic E-state index is 12.6. The van der Waals surface area contributed by atoms with Crippen molar-refractivity contribution in [2.75, 3.05) is 0 Å². The van der Waals surface area contributed by atoms with E-state index in [1.807, 2.05) is 43.3 Å². The van der Waals surface area contributed by atoms with Crippen LogP contribution in [0.2, 0.25) is 0 Å². The maximum absolute atomic E-state index is 12.6. The van der Waals surface area contributed by atoms with E-state index in [-0.39, 0.29) is 10.6 Å². The van der Waals surface area contributed by atoms with Gasteiger partial charge >= 0.3 is 10.1 Å². The Bertz CT molecular complexity index is 1200. The second kappa shape index (κ2) is 5.63. The van der Waals surface area contributed by atoms with Gasteiger partial charge in [-0.05, 0) is 49.2 Å². The van der Waals surface area contributed by atoms with Gasteiger partial charge in [0.1, 0.15) is 21.8 Å². The first-order valence-corrected chi connectivity index (χ1v) is 9.28. The van der Waals surface area contributed by atoms with Gasteiger partial charge in [-0.1, -0.05) is 30.3 Å². The van der Waals surface area contributed by atoms with E-state index in [1.54, 1.807) is 31.2 Å². The van der Waals surface area contributed by atoms with Crippen molar-refractivity contribution < 1.29 is 17.0 Å². The summed E-state index contributed by atoms with van der Waals surface area (Å²) in [4.78, 5) is 0.178. The summed E-state index contributed by atoms with van der Waals surface area (Å²) in [6.45, 7) is 3.59. The van der Waals surface area contributed by atoms with Crippen LogP contribution in [0.5, 0.6) is 5.75 Å². The van der Waals surface area contributed by atoms with E-state index in [0.29, 0.717) is 11.1 Å². The highest BCUT2D eigenvalue weighted by Crippen LogP contribution is 2.32. The topological polar surface area (TPSA) is 56.5 Å². The SMILES string of the molecule is Cc1ccc(C)c(S(=O)(=O)Oc2ccc3c(c2)oc2ccccc23)c1. The molecule has 5 heteroatoms. The smallest absolute Gasteiger partial charge is 0.339 e. The minimum Gasteiger partial charge on any atom is -0.456 e. The summed E-state index contributed by atoms with van der Waals surface area (Å²) in [6.07, 6.45) is 0. The molecule has 0 spiro atoms. The van der Waals surface area contributed by atoms with Crippen molar-refractivity contribution in [2.24, 2.45) is 0 Å². The lowest BCUT2D eigenvalue weighted by Crippen LogP contribution is -2.11. The van der Waals surface area contributed by atoms with E-state index in [2.05, 4.69) is 0 Å². The van der Waals surface area contributed by atoms with Gasteiger partial charge in [0.15, 0.2) is 0 Å². The van der Waals surface area contributed by atoms with Crippen molar-refractivity contribution >= 4 is 32.1 Å². The first-order chi connectivity index (χ1) is 11.9. The highest BCUT2D eigenvalue weighted by molar-refractivity contribution is 7.87. The zero-order chi connectivity index (χ0) is 17.6. The van der Waals surface area contributed by atoms with Gasteiger partial charge in [-0.2, -0.15) is 8.42 Å². The molecule has 126 valence electrons. The van der Waals surface area contributed by atoms with Gasteiger partial charge in [-0.15, -0.1) is 0 Å². The Balaban J connectivity index is 1.77. The Morgan fingerprint density at radius 3 is 2.44 bits per heavy atom. The molecule has 4 aromatic rings. The zero-order valence-corrected chi connectivity index (χ0v) is 14.6. The van der Waals surface area contributed by atoms with Gasteiger partial charge in [0.25, 0.3) is 0 Å². The number of hydrogen-bond donors (Lipinski definition) is 0. The highest BCUT2D eigenvalue weighted by Gasteiger charge is 2.20. The molecule has 4 nitrogen and oxygen atoms in total. The van der Waals surface area contributed by atoms with Crippen LogP contribution in [0.1, 0.15) is 11.1 Å². The molecule has 1 heterocycles. The van der Waals surface area contributed by atoms with E-state index in [9.17, 15) is 8.42 Å². The molecule has 4 rings (SSSR count). The maximum Gasteiger partial charge on any atom is 0.339 e. The molecule has 0 bridgehead atoms. The predicted octanol–water partition coefficient (Wildman–Crippen LogP) is 4.97. The molecule has 25 heavy (non-hydrogen) atoms. The predicted molar refractivity (Wildman–Crippen MR) is 97.4 cm³/mol. The second-order valence-electron chi connectivity index (χ2n) is 6.06. The fourth-order valence-corrected chi connectivity index (χ4v) is 4.15. The van der Waals surface area contributed by atoms with E-state index < -0.39 is 10.1 Å². The third-order valence-electron chi connectivity index (χ3n) is 4.17. The average molecular weight is 352 g/mol. The number of benzene rings is 3. The summed E-state index contributed by atoms with van der Waals surface area (Å²) in [5, 5.41) is 1.91. The van der Waals surface area contributed by atoms with Crippen LogP contribution >= 0.6 is 0 Å². The first kappa shape index (κ1) is 15.7. The van der Waals surface area contributed by atoms with Gasteiger partial charge in [-0.3, -0.25) is 0 Å². The van der Waals surface area contributed by atoms with Gasteiger partial charge in [-0.25, -0.2) is 0 Å². The summed E-state index contributed by atoms with van der Waals surface area (Å²) in [6, 6.07) is 18.0. The molecule has 0 saturated heterocycles. The van der Waals surface area contributed by atoms with Crippen LogP contribution in [0, 0.1) is 13.8 Å². The van der Waals surface area contributed by atoms with Crippen LogP contribution in [0.4, 0.5) is 0 Å². The van der Waals surface area contributed by atoms with Gasteiger partial charge in [0.2, 0.25) is 0 Å². The highest BCUT2D eigenvalue weighted by atomic mass is 32.2. The molecular weight excluding hydrogens is 336 g/mol. The van der Waals surface area contributed by atoms with Crippen LogP contribution < -0.4 is 4.18 Å². The van der Waals surface area contributed by atoms with Crippen LogP contribution in [0.3, 0.4) is 0 Å². The van der Waals surface area contributed by atoms with Crippen molar-refractivity contribution in [3.8, 4) is 5.75 Å². The van der Waals surface area contributed by atoms with E-state index >= 15 is 0 Å². The number of para-hydroxylation sites is 1. The molecule has 0 unspecified atom stereocenters. The Hall–Kier alpha value is -2.79. The lowest BCUT2D eigenvalue weighted by Gasteiger charge is -2.10. The lowest BCUT2D eigenvalue weighted by atomic mass is 10.1. The molecule has 0 amide bonds. The Morgan fingerprint density at radius 1 is 0.840 bits per heavy atom. The van der Waals surface area contributed by atoms with Crippen molar-refractivity contribution in [2.45, 2.75) is 18.7 Å². The molecule has 0 fully saturated rings. The third kappa shape index (κ3) is 2.76. The van der Waals surface area contributed by atoms with Crippen LogP contribution in [0.15, 0.2) is 70.0 Å². The molecule has 0 N–H and O–H groups in total. The standard InChI is InChI=1S/C20H16O4S/c1-13-7-8-14(2)20(11-13)25(21,22)24-15-9-10-17-16-5-3-4-6-18(16)23-19(17)12-15/h3-12H,1-2H3. The lowest BCUT2D eigenvalue weighted by molar-refractivity contribution is 0.485. The van der Waals surface area contributed by atoms with Crippen LogP contribution in [-0.2, 0) is 10.1 Å². The summed E-state index contributed by atoms with van der Waals surface area (Å²) >= 11 is 0. The monoisotopic (exact) mass is 352 g/mol. The molecule has 0 aliphatic carbocycles. The van der Waals surface area contributed by atoms with E-state index in [4.69, 9.17) is 8.60 Å². The normalized spacial score (nSPS) is 11.9. The minimum absolute atomic E-state index is 0.178. The van der Waals surface area contributed by atoms with E-state index in [1.165, 1.54) is 0 Å². The molecule has 1 aromatic heterocycles. The summed E-state index contributed by atoms with van der Waals surface area (Å²) in [5.74, 6) is 0.229. The molecule has 0 aliphatic heterocycles. The summed E-state index contributed by atoms with van der Waals surface area (Å²) in [7, 11) is -3.91. The van der Waals surface area contributed by atoms with Crippen molar-refractivity contribution in [1.29, 1.82) is 0 Å². The van der Waals surface area contributed by atoms with Crippen LogP contribution in [-0.4, -0.2) is 8.42 Å². The zero-order valence-electron chi connectivity index (χ0n) is 13.8. The second-order valence-corrected chi connectivity index (χ2v) is 7.58. The van der Waals surface area contributed by atoms with Gasteiger partial charge < -0.3 is 8.60 Å². The molecule has 0 atom stereocenters. The Morgan fingerprint density at radius 2 is 1.60 bits per heavy atom. The van der Waals surface area contributed by atoms with E-state index in [0.717, 1.165) is 21.9 Å². The fraction of sp³-hybridized carbons (Fsp3) is 0.100. The third-order valence-corrected chi connectivity index (χ3v) is 5.56. The van der Waals surface area contributed by atoms with Crippen LogP contribution in [0.25, 0.3) is 21.9 Å². The Kier molecular flexibility index (Phi) is 3.54. The van der Waals surface area contributed by atoms with Crippen molar-refractivity contribution in [1.82, 2.24) is 0 Å². The first-order valence-electron chi connectivity index (χ1n) is 7.87. The average Bonchev–Trinajstić information content (AvgIpc) is 2.94. The molecular formula is C20H16O4S. The molecule has 0 aliphatic rings. The number of furan rings is 1. The Labute approximate surface area is 145 Å². The van der Waals surface area contributed by atoms with Gasteiger partial charge in [0.05, 0.1) is 0 Å². The molecule has 3 aromatic carbocycles. The number of rotatable bonds is 3. The fourth-order valence-electron chi connectivity index (χ4n) is 2.91. The quantitative estimate of drug-likeness (QED) is 0.488. The number of aryl methyl sites for hydroxylation is 2. The van der Waals surface area contributed by atoms with Crippen molar-refractivity contribution in [3.05, 3.63) is 71.8 Å². The summed E-state index contributed by atoms with van der Waals surface area (Å²) in [5.41, 5.74) is 2.86. The summed E-state index contributed by atoms with van der Waals surface area (Å²) < 4.78 is 36.4. The minimum atomic E-state index is -3.91. The number of fused-ring (bicyclic) bond motifs is 3. The molecule has 0 radical (unpaired) electrons.